The average molecular weight is 571 g/mol. The number of aldehydes is 3. The van der Waals surface area contributed by atoms with Crippen LogP contribution in [0.2, 0.25) is 0 Å². The van der Waals surface area contributed by atoms with Gasteiger partial charge in [-0.05, 0) is 45.7 Å². The Hall–Kier alpha value is -1.21. The largest absolute Gasteiger partial charge is 0.343 e. The van der Waals surface area contributed by atoms with E-state index in [1.165, 1.54) is 32.2 Å². The first-order chi connectivity index (χ1) is 17.8. The summed E-state index contributed by atoms with van der Waals surface area (Å²) in [7, 11) is 4.49. The van der Waals surface area contributed by atoms with Gasteiger partial charge >= 0.3 is 0 Å². The summed E-state index contributed by atoms with van der Waals surface area (Å²) in [6.07, 6.45) is 7.16. The zero-order chi connectivity index (χ0) is 32.6. The van der Waals surface area contributed by atoms with Crippen LogP contribution in [0.4, 0.5) is 0 Å². The number of hydrogen-bond acceptors (Lipinski definition) is 7. The highest BCUT2D eigenvalue weighted by atomic mass is 31.0. The van der Waals surface area contributed by atoms with Crippen molar-refractivity contribution in [2.45, 2.75) is 148 Å². The molecule has 8 nitrogen and oxygen atoms in total. The predicted octanol–water partition coefficient (Wildman–Crippen LogP) is 6.41. The first-order valence-electron chi connectivity index (χ1n) is 14.3. The van der Waals surface area contributed by atoms with Crippen molar-refractivity contribution in [3.8, 4) is 0 Å². The quantitative estimate of drug-likeness (QED) is 0.151. The first-order valence-corrected chi connectivity index (χ1v) is 14.9. The Bertz CT molecular complexity index is 395. The Morgan fingerprint density at radius 1 is 0.921 bits per heavy atom. The van der Waals surface area contributed by atoms with Crippen LogP contribution in [-0.4, -0.2) is 62.0 Å². The minimum atomic E-state index is -0.331. The molecule has 38 heavy (non-hydrogen) atoms. The Morgan fingerprint density at radius 3 is 1.32 bits per heavy atom. The van der Waals surface area contributed by atoms with E-state index in [-0.39, 0.29) is 30.2 Å². The van der Waals surface area contributed by atoms with Crippen molar-refractivity contribution in [1.29, 1.82) is 0 Å². The van der Waals surface area contributed by atoms with Crippen LogP contribution < -0.4 is 16.1 Å². The van der Waals surface area contributed by atoms with Gasteiger partial charge in [-0.3, -0.25) is 19.5 Å². The Balaban J connectivity index is -0.0000000469. The highest BCUT2D eigenvalue weighted by Gasteiger charge is 2.18. The van der Waals surface area contributed by atoms with Crippen LogP contribution in [0.5, 0.6) is 0 Å². The van der Waals surface area contributed by atoms with Gasteiger partial charge in [-0.15, -0.1) is 0 Å². The molecule has 1 amide bonds. The van der Waals surface area contributed by atoms with Gasteiger partial charge in [0.1, 0.15) is 6.29 Å². The third-order valence-electron chi connectivity index (χ3n) is 3.66. The van der Waals surface area contributed by atoms with Crippen molar-refractivity contribution in [2.75, 3.05) is 13.6 Å². The highest BCUT2D eigenvalue weighted by molar-refractivity contribution is 7.13. The number of nitrogens with zero attached hydrogens (tertiary/aromatic N) is 1. The molecule has 3 unspecified atom stereocenters. The molecule has 0 bridgehead atoms. The zero-order valence-electron chi connectivity index (χ0n) is 28.3. The molecule has 1 aliphatic heterocycles. The molecular formula is C29H71N4O4P. The molecule has 0 saturated carbocycles. The molecule has 1 rings (SSSR count). The Kier molecular flexibility index (Phi) is 83.9. The maximum atomic E-state index is 10.0. The predicted molar refractivity (Wildman–Crippen MR) is 174 cm³/mol. The summed E-state index contributed by atoms with van der Waals surface area (Å²) in [6.45, 7) is 31.7. The van der Waals surface area contributed by atoms with Crippen molar-refractivity contribution in [3.05, 3.63) is 0 Å². The molecular weight excluding hydrogens is 499 g/mol. The van der Waals surface area contributed by atoms with Gasteiger partial charge in [-0.25, -0.2) is 0 Å². The third kappa shape index (κ3) is 76.5. The fourth-order valence-corrected chi connectivity index (χ4v) is 1.53. The van der Waals surface area contributed by atoms with Crippen molar-refractivity contribution in [3.63, 3.8) is 0 Å². The minimum Gasteiger partial charge on any atom is -0.343 e. The van der Waals surface area contributed by atoms with E-state index in [4.69, 9.17) is 15.3 Å². The number of nitrogens with one attached hydrogen (secondary N) is 2. The van der Waals surface area contributed by atoms with Gasteiger partial charge in [0, 0.05) is 6.04 Å². The monoisotopic (exact) mass is 571 g/mol. The van der Waals surface area contributed by atoms with E-state index < -0.39 is 0 Å². The molecule has 1 aliphatic rings. The Morgan fingerprint density at radius 2 is 1.26 bits per heavy atom. The molecule has 4 atom stereocenters. The van der Waals surface area contributed by atoms with Gasteiger partial charge in [-0.1, -0.05) is 112 Å². The first kappa shape index (κ1) is 56.9. The molecule has 236 valence electrons. The van der Waals surface area contributed by atoms with Crippen molar-refractivity contribution >= 4 is 34.7 Å². The van der Waals surface area contributed by atoms with Crippen LogP contribution in [0.3, 0.4) is 0 Å². The van der Waals surface area contributed by atoms with Gasteiger partial charge < -0.3 is 20.7 Å². The number of nitrogens with two attached hydrogens (primary N) is 1. The van der Waals surface area contributed by atoms with E-state index >= 15 is 0 Å². The van der Waals surface area contributed by atoms with Crippen molar-refractivity contribution in [1.82, 2.24) is 15.3 Å². The smallest absolute Gasteiger partial charge is 0.208 e. The average Bonchev–Trinajstić information content (AvgIpc) is 3.30. The van der Waals surface area contributed by atoms with Crippen molar-refractivity contribution in [2.24, 2.45) is 11.1 Å². The summed E-state index contributed by atoms with van der Waals surface area (Å²) in [6, 6.07) is 0.516. The summed E-state index contributed by atoms with van der Waals surface area (Å²) in [5, 5.41) is 5.22. The summed E-state index contributed by atoms with van der Waals surface area (Å²) >= 11 is 0. The van der Waals surface area contributed by atoms with E-state index in [9.17, 15) is 9.59 Å². The third-order valence-corrected chi connectivity index (χ3v) is 4.16. The summed E-state index contributed by atoms with van der Waals surface area (Å²) in [5.41, 5.74) is 5.30. The Labute approximate surface area is 241 Å². The van der Waals surface area contributed by atoms with E-state index in [0.29, 0.717) is 6.41 Å². The molecule has 0 aliphatic carbocycles. The zero-order valence-corrected chi connectivity index (χ0v) is 29.5. The number of likely N-dealkylation sites (tertiary alicyclic amines) is 1. The topological polar surface area (TPSA) is 122 Å². The van der Waals surface area contributed by atoms with Crippen LogP contribution in [0.15, 0.2) is 0 Å². The fraction of sp³-hybridized carbons (Fsp3) is 0.862. The number of carbonyl (C=O) groups excluding carboxylic acids is 4. The molecule has 0 aromatic rings. The lowest BCUT2D eigenvalue weighted by Crippen LogP contribution is -2.36. The van der Waals surface area contributed by atoms with Gasteiger partial charge in [0.15, 0.2) is 12.6 Å². The summed E-state index contributed by atoms with van der Waals surface area (Å²) in [4.78, 5) is 39.7. The lowest BCUT2D eigenvalue weighted by atomic mass is 9.89. The minimum absolute atomic E-state index is 0.0440. The summed E-state index contributed by atoms with van der Waals surface area (Å²) < 4.78 is 0. The molecule has 0 spiro atoms. The second-order valence-corrected chi connectivity index (χ2v) is 8.69. The van der Waals surface area contributed by atoms with Crippen LogP contribution >= 0.6 is 9.39 Å². The van der Waals surface area contributed by atoms with Gasteiger partial charge in [-0.2, -0.15) is 0 Å². The maximum Gasteiger partial charge on any atom is 0.208 e. The normalized spacial score (nSPS) is 13.9. The van der Waals surface area contributed by atoms with Crippen LogP contribution in [0.25, 0.3) is 0 Å². The second-order valence-electron chi connectivity index (χ2n) is 8.36. The highest BCUT2D eigenvalue weighted by Crippen LogP contribution is 2.14. The fourth-order valence-electron chi connectivity index (χ4n) is 1.43. The second kappa shape index (κ2) is 56.1. The van der Waals surface area contributed by atoms with Gasteiger partial charge in [0.25, 0.3) is 0 Å². The molecule has 4 N–H and O–H groups in total. The van der Waals surface area contributed by atoms with E-state index in [0.717, 1.165) is 12.3 Å². The number of carbonyl (C=O) groups is 4. The lowest BCUT2D eigenvalue weighted by Gasteiger charge is -2.20. The van der Waals surface area contributed by atoms with Gasteiger partial charge in [0.2, 0.25) is 6.41 Å². The standard InChI is InChI=1S/C6H13NO.C6H13N.C3H9N2OP.2C3H8.C2H2O2.3C2H6/c1-6(2,3)5(7)4-8;1-6-4-3-5-7(6)2;1-3(5-7)4-2-6;2*1-3-2;3-1-2-4;3*1-2/h4-5H,7H2,1-3H3;6H,3-5H2,1-2H3;2-3,5H,7H2,1H3,(H,4,6);2*3H2,1-2H3;1-2H;3*1-2H3/t5-;;;;;;;;/m1......../s1. The number of rotatable bonds is 5. The maximum absolute atomic E-state index is 10.0. The van der Waals surface area contributed by atoms with Crippen LogP contribution in [0, 0.1) is 5.41 Å². The molecule has 1 fully saturated rings. The molecule has 1 heterocycles. The van der Waals surface area contributed by atoms with Crippen molar-refractivity contribution < 1.29 is 19.2 Å². The lowest BCUT2D eigenvalue weighted by molar-refractivity contribution is -0.122. The molecule has 1 saturated heterocycles. The van der Waals surface area contributed by atoms with Crippen LogP contribution in [0.1, 0.15) is 130 Å². The molecule has 0 radical (unpaired) electrons. The SMILES string of the molecule is CC.CC.CC.CC(C)(C)[C@H](N)C=O.CC(NP)NC=O.CC1CCCN1C.CCC.CCC.O=CC=O. The molecule has 0 aromatic carbocycles. The number of amides is 1. The van der Waals surface area contributed by atoms with E-state index in [1.807, 2.05) is 69.2 Å². The van der Waals surface area contributed by atoms with Gasteiger partial charge in [0.05, 0.1) is 12.2 Å². The van der Waals surface area contributed by atoms with E-state index in [2.05, 4.69) is 66.4 Å². The summed E-state index contributed by atoms with van der Waals surface area (Å²) in [5.74, 6) is 0. The molecule has 9 heteroatoms. The van der Waals surface area contributed by atoms with E-state index in [1.54, 1.807) is 0 Å². The number of hydrogen-bond donors (Lipinski definition) is 3. The molecule has 0 aromatic heterocycles. The van der Waals surface area contributed by atoms with Crippen LogP contribution in [-0.2, 0) is 19.2 Å².